The summed E-state index contributed by atoms with van der Waals surface area (Å²) in [5.41, 5.74) is 6.05. The number of nitrogens with two attached hydrogens (primary N) is 1. The van der Waals surface area contributed by atoms with Crippen LogP contribution >= 0.6 is 0 Å². The van der Waals surface area contributed by atoms with Crippen molar-refractivity contribution in [2.24, 2.45) is 5.92 Å². The van der Waals surface area contributed by atoms with E-state index >= 15 is 0 Å². The number of nitrogen functional groups attached to an aromatic ring is 1. The maximum Gasteiger partial charge on any atom is 0.167 e. The molecule has 0 bridgehead atoms. The molecule has 5 atom stereocenters. The van der Waals surface area contributed by atoms with Crippen LogP contribution in [0.2, 0.25) is 0 Å². The lowest BCUT2D eigenvalue weighted by atomic mass is 10.1. The van der Waals surface area contributed by atoms with Crippen molar-refractivity contribution in [3.05, 3.63) is 12.7 Å². The molecule has 5 N–H and O–H groups in total. The van der Waals surface area contributed by atoms with E-state index in [4.69, 9.17) is 10.5 Å². The van der Waals surface area contributed by atoms with E-state index < -0.39 is 24.0 Å². The van der Waals surface area contributed by atoms with E-state index in [1.807, 2.05) is 0 Å². The summed E-state index contributed by atoms with van der Waals surface area (Å²) in [6.45, 7) is 3.80. The van der Waals surface area contributed by atoms with Gasteiger partial charge in [-0.25, -0.2) is 15.0 Å². The Kier molecular flexibility index (Phi) is 3.68. The second-order valence-corrected chi connectivity index (χ2v) is 6.59. The Morgan fingerprint density at radius 2 is 2.25 bits per heavy atom. The number of aliphatic hydroxyl groups is 2. The fraction of sp³-hybridized carbons (Fsp3) is 0.667. The molecule has 1 aliphatic heterocycles. The van der Waals surface area contributed by atoms with Crippen LogP contribution < -0.4 is 11.1 Å². The summed E-state index contributed by atoms with van der Waals surface area (Å²) in [4.78, 5) is 12.3. The molecule has 130 valence electrons. The molecule has 1 spiro atoms. The second-order valence-electron chi connectivity index (χ2n) is 6.59. The van der Waals surface area contributed by atoms with Gasteiger partial charge in [0.1, 0.15) is 29.7 Å². The van der Waals surface area contributed by atoms with Gasteiger partial charge in [-0.3, -0.25) is 4.57 Å². The highest BCUT2D eigenvalue weighted by atomic mass is 16.6. The summed E-state index contributed by atoms with van der Waals surface area (Å²) in [6, 6.07) is 0. The number of rotatable bonds is 5. The summed E-state index contributed by atoms with van der Waals surface area (Å²) in [5, 5.41) is 24.4. The zero-order chi connectivity index (χ0) is 16.9. The molecule has 2 aromatic heterocycles. The summed E-state index contributed by atoms with van der Waals surface area (Å²) in [5.74, 6) is 0.461. The molecule has 2 aromatic rings. The monoisotopic (exact) mass is 334 g/mol. The number of hydrogen-bond acceptors (Lipinski definition) is 8. The van der Waals surface area contributed by atoms with E-state index in [-0.39, 0.29) is 11.7 Å². The zero-order valence-electron chi connectivity index (χ0n) is 13.5. The number of hydrogen-bond donors (Lipinski definition) is 4. The quantitative estimate of drug-likeness (QED) is 0.534. The minimum absolute atomic E-state index is 0.188. The topological polar surface area (TPSA) is 131 Å². The minimum atomic E-state index is -1.05. The van der Waals surface area contributed by atoms with Crippen molar-refractivity contribution < 1.29 is 14.9 Å². The first kappa shape index (κ1) is 15.7. The van der Waals surface area contributed by atoms with Crippen molar-refractivity contribution in [3.63, 3.8) is 0 Å². The lowest BCUT2D eigenvalue weighted by Gasteiger charge is -2.16. The highest BCUT2D eigenvalue weighted by Gasteiger charge is 2.68. The summed E-state index contributed by atoms with van der Waals surface area (Å²) in [7, 11) is 0. The van der Waals surface area contributed by atoms with Gasteiger partial charge in [-0.1, -0.05) is 6.92 Å². The zero-order valence-corrected chi connectivity index (χ0v) is 13.5. The molecule has 1 unspecified atom stereocenters. The Bertz CT molecular complexity index is 752. The van der Waals surface area contributed by atoms with E-state index in [1.54, 1.807) is 4.57 Å². The molecule has 1 saturated heterocycles. The van der Waals surface area contributed by atoms with Crippen molar-refractivity contribution in [2.45, 2.75) is 43.8 Å². The van der Waals surface area contributed by atoms with Crippen LogP contribution in [0.5, 0.6) is 0 Å². The van der Waals surface area contributed by atoms with E-state index in [1.165, 1.54) is 12.7 Å². The van der Waals surface area contributed by atoms with Gasteiger partial charge in [0, 0.05) is 12.5 Å². The van der Waals surface area contributed by atoms with E-state index in [2.05, 4.69) is 27.2 Å². The Balaban J connectivity index is 1.58. The van der Waals surface area contributed by atoms with Crippen LogP contribution in [-0.2, 0) is 4.74 Å². The maximum atomic E-state index is 10.5. The van der Waals surface area contributed by atoms with Crippen LogP contribution in [0.25, 0.3) is 11.2 Å². The predicted octanol–water partition coefficient (Wildman–Crippen LogP) is -0.583. The average Bonchev–Trinajstić information content (AvgIpc) is 2.99. The number of fused-ring (bicyclic) bond motifs is 1. The van der Waals surface area contributed by atoms with Crippen molar-refractivity contribution >= 4 is 17.0 Å². The van der Waals surface area contributed by atoms with Gasteiger partial charge < -0.3 is 26.0 Å². The van der Waals surface area contributed by atoms with E-state index in [0.717, 1.165) is 25.9 Å². The van der Waals surface area contributed by atoms with Crippen LogP contribution in [0.4, 0.5) is 5.82 Å². The third-order valence-corrected chi connectivity index (χ3v) is 5.03. The molecular formula is C15H22N6O3. The number of imidazole rings is 1. The Morgan fingerprint density at radius 1 is 1.42 bits per heavy atom. The lowest BCUT2D eigenvalue weighted by molar-refractivity contribution is -0.0530. The normalized spacial score (nSPS) is 35.1. The average molecular weight is 334 g/mol. The van der Waals surface area contributed by atoms with Gasteiger partial charge in [0.25, 0.3) is 0 Å². The van der Waals surface area contributed by atoms with Gasteiger partial charge in [-0.15, -0.1) is 0 Å². The van der Waals surface area contributed by atoms with Gasteiger partial charge in [0.2, 0.25) is 0 Å². The molecule has 9 nitrogen and oxygen atoms in total. The fourth-order valence-electron chi connectivity index (χ4n) is 3.62. The minimum Gasteiger partial charge on any atom is -0.387 e. The van der Waals surface area contributed by atoms with Crippen molar-refractivity contribution in [1.29, 1.82) is 0 Å². The highest BCUT2D eigenvalue weighted by Crippen LogP contribution is 2.57. The summed E-state index contributed by atoms with van der Waals surface area (Å²) >= 11 is 0. The van der Waals surface area contributed by atoms with Gasteiger partial charge >= 0.3 is 0 Å². The Labute approximate surface area is 138 Å². The van der Waals surface area contributed by atoms with Crippen LogP contribution in [0, 0.1) is 5.92 Å². The number of aromatic nitrogens is 4. The Morgan fingerprint density at radius 3 is 3.04 bits per heavy atom. The van der Waals surface area contributed by atoms with Crippen LogP contribution in [0.15, 0.2) is 12.7 Å². The first-order chi connectivity index (χ1) is 11.6. The number of anilines is 1. The standard InChI is InChI=1S/C15H22N6O3/c1-2-3-17-5-8-4-15(8)11(23)10(22)14(24-15)21-7-20-9-12(16)18-6-19-13(9)21/h6-8,10-11,14,17,22-23H,2-5H2,1H3,(H2,16,18,19)/t8-,10+,11?,14-,15+/m1/s1. The first-order valence-corrected chi connectivity index (χ1v) is 8.26. The summed E-state index contributed by atoms with van der Waals surface area (Å²) < 4.78 is 7.72. The predicted molar refractivity (Wildman–Crippen MR) is 85.9 cm³/mol. The van der Waals surface area contributed by atoms with E-state index in [0.29, 0.717) is 11.2 Å². The number of nitrogens with one attached hydrogen (secondary N) is 1. The van der Waals surface area contributed by atoms with Gasteiger partial charge in [0.05, 0.1) is 6.33 Å². The SMILES string of the molecule is CCCNC[C@H]1C[C@]12O[C@@H](n1cnc3c(N)ncnc31)[C@@H](O)C2O. The third kappa shape index (κ3) is 2.20. The molecule has 9 heteroatoms. The van der Waals surface area contributed by atoms with Crippen molar-refractivity contribution in [2.75, 3.05) is 18.8 Å². The molecule has 2 aliphatic rings. The fourth-order valence-corrected chi connectivity index (χ4v) is 3.62. The molecule has 24 heavy (non-hydrogen) atoms. The lowest BCUT2D eigenvalue weighted by Crippen LogP contribution is -2.35. The molecule has 4 rings (SSSR count). The first-order valence-electron chi connectivity index (χ1n) is 8.26. The van der Waals surface area contributed by atoms with Crippen LogP contribution in [-0.4, -0.2) is 60.6 Å². The molecule has 3 heterocycles. The largest absolute Gasteiger partial charge is 0.387 e. The van der Waals surface area contributed by atoms with Crippen molar-refractivity contribution in [3.8, 4) is 0 Å². The number of nitrogens with zero attached hydrogens (tertiary/aromatic N) is 4. The number of aliphatic hydroxyl groups excluding tert-OH is 2. The van der Waals surface area contributed by atoms with Gasteiger partial charge in [-0.2, -0.15) is 0 Å². The molecule has 0 aromatic carbocycles. The number of ether oxygens (including phenoxy) is 1. The second kappa shape index (κ2) is 5.62. The highest BCUT2D eigenvalue weighted by molar-refractivity contribution is 5.81. The molecule has 1 saturated carbocycles. The molecular weight excluding hydrogens is 312 g/mol. The maximum absolute atomic E-state index is 10.5. The van der Waals surface area contributed by atoms with Gasteiger partial charge in [0.15, 0.2) is 17.7 Å². The van der Waals surface area contributed by atoms with Gasteiger partial charge in [-0.05, 0) is 19.4 Å². The molecule has 0 amide bonds. The molecule has 2 fully saturated rings. The summed E-state index contributed by atoms with van der Waals surface area (Å²) in [6.07, 6.45) is 1.91. The van der Waals surface area contributed by atoms with E-state index in [9.17, 15) is 10.2 Å². The van der Waals surface area contributed by atoms with Crippen molar-refractivity contribution in [1.82, 2.24) is 24.8 Å². The molecule has 1 aliphatic carbocycles. The van der Waals surface area contributed by atoms with Crippen LogP contribution in [0.3, 0.4) is 0 Å². The smallest absolute Gasteiger partial charge is 0.167 e. The Hall–Kier alpha value is -1.81. The molecule has 0 radical (unpaired) electrons. The third-order valence-electron chi connectivity index (χ3n) is 5.03. The van der Waals surface area contributed by atoms with Crippen LogP contribution in [0.1, 0.15) is 26.0 Å².